The minimum atomic E-state index is -6.62. The van der Waals surface area contributed by atoms with Gasteiger partial charge < -0.3 is 9.32 Å². The summed E-state index contributed by atoms with van der Waals surface area (Å²) in [6.07, 6.45) is -6.62. The molecule has 0 fully saturated rings. The summed E-state index contributed by atoms with van der Waals surface area (Å²) < 4.78 is 102. The van der Waals surface area contributed by atoms with Crippen molar-refractivity contribution in [2.45, 2.75) is 31.9 Å². The number of fused-ring (bicyclic) bond motifs is 4. The van der Waals surface area contributed by atoms with Crippen LogP contribution in [0.4, 0.5) is 36.4 Å². The van der Waals surface area contributed by atoms with Crippen LogP contribution in [0.25, 0.3) is 33.3 Å². The summed E-state index contributed by atoms with van der Waals surface area (Å²) in [5.74, 6) is -13.6. The first-order valence-corrected chi connectivity index (χ1v) is 10.2. The quantitative estimate of drug-likeness (QED) is 0.182. The molecule has 2 aromatic carbocycles. The van der Waals surface area contributed by atoms with Gasteiger partial charge in [0.1, 0.15) is 16.8 Å². The van der Waals surface area contributed by atoms with Gasteiger partial charge in [-0.3, -0.25) is 4.79 Å². The van der Waals surface area contributed by atoms with Gasteiger partial charge >= 0.3 is 18.0 Å². The van der Waals surface area contributed by atoms with Crippen molar-refractivity contribution in [3.63, 3.8) is 0 Å². The van der Waals surface area contributed by atoms with Crippen LogP contribution < -0.4 is 10.3 Å². The van der Waals surface area contributed by atoms with Gasteiger partial charge in [0.05, 0.1) is 0 Å². The topological polar surface area (TPSA) is 46.3 Å². The van der Waals surface area contributed by atoms with E-state index in [1.165, 1.54) is 30.3 Å². The van der Waals surface area contributed by atoms with Crippen molar-refractivity contribution in [3.05, 3.63) is 58.3 Å². The lowest BCUT2D eigenvalue weighted by molar-refractivity contribution is -0.359. The lowest BCUT2D eigenvalue weighted by Gasteiger charge is -2.29. The maximum Gasteiger partial charge on any atom is 0.460 e. The molecule has 4 rings (SSSR count). The Morgan fingerprint density at radius 3 is 2.12 bits per heavy atom. The fourth-order valence-corrected chi connectivity index (χ4v) is 3.89. The molecule has 0 spiro atoms. The van der Waals surface area contributed by atoms with E-state index in [4.69, 9.17) is 4.42 Å². The van der Waals surface area contributed by atoms with E-state index in [0.29, 0.717) is 18.8 Å². The van der Waals surface area contributed by atoms with Crippen LogP contribution in [0.3, 0.4) is 0 Å². The fraction of sp³-hybridized carbons (Fsp3) is 0.304. The average molecular weight is 486 g/mol. The van der Waals surface area contributed by atoms with Crippen molar-refractivity contribution in [2.24, 2.45) is 0 Å². The minimum Gasteiger partial charge on any atom is -0.452 e. The summed E-state index contributed by atoms with van der Waals surface area (Å²) in [5.41, 5.74) is -3.64. The van der Waals surface area contributed by atoms with Gasteiger partial charge in [-0.2, -0.15) is 30.7 Å². The highest BCUT2D eigenvalue weighted by Crippen LogP contribution is 2.53. The van der Waals surface area contributed by atoms with Crippen molar-refractivity contribution < 1.29 is 35.2 Å². The average Bonchev–Trinajstić information content (AvgIpc) is 2.78. The Labute approximate surface area is 187 Å². The summed E-state index contributed by atoms with van der Waals surface area (Å²) in [6.45, 7) is 4.85. The number of hydrogen-bond donors (Lipinski definition) is 0. The summed E-state index contributed by atoms with van der Waals surface area (Å²) in [5, 5.41) is -0.500. The molecule has 4 nitrogen and oxygen atoms in total. The largest absolute Gasteiger partial charge is 0.460 e. The molecule has 11 heteroatoms. The van der Waals surface area contributed by atoms with Crippen LogP contribution in [0.2, 0.25) is 0 Å². The summed E-state index contributed by atoms with van der Waals surface area (Å²) in [6, 6.07) is 9.68. The zero-order valence-corrected chi connectivity index (χ0v) is 17.8. The molecule has 0 unspecified atom stereocenters. The lowest BCUT2D eigenvalue weighted by Crippen LogP contribution is -2.52. The molecule has 1 aliphatic carbocycles. The van der Waals surface area contributed by atoms with Crippen LogP contribution in [0.15, 0.2) is 51.7 Å². The smallest absolute Gasteiger partial charge is 0.452 e. The molecule has 0 atom stereocenters. The third kappa shape index (κ3) is 3.36. The monoisotopic (exact) mass is 486 g/mol. The Hall–Kier alpha value is -3.37. The maximum atomic E-state index is 14.9. The molecule has 0 amide bonds. The van der Waals surface area contributed by atoms with Crippen molar-refractivity contribution in [1.29, 1.82) is 0 Å². The SMILES string of the molecule is CCN(CC)c1ccc2nc3c4ccccc4c(=O)c(C(F)(F)C(F)(F)C(F)(F)F)c-3oc2c1. The first-order valence-electron chi connectivity index (χ1n) is 10.2. The molecular weight excluding hydrogens is 469 g/mol. The molecule has 1 heterocycles. The second-order valence-electron chi connectivity index (χ2n) is 7.61. The molecule has 180 valence electrons. The van der Waals surface area contributed by atoms with E-state index in [1.807, 2.05) is 18.7 Å². The Bertz CT molecular complexity index is 1410. The van der Waals surface area contributed by atoms with Gasteiger partial charge in [0, 0.05) is 35.6 Å². The van der Waals surface area contributed by atoms with Crippen molar-refractivity contribution in [1.82, 2.24) is 4.98 Å². The number of rotatable bonds is 5. The van der Waals surface area contributed by atoms with E-state index >= 15 is 0 Å². The van der Waals surface area contributed by atoms with Crippen LogP contribution in [-0.2, 0) is 5.92 Å². The minimum absolute atomic E-state index is 0.0177. The van der Waals surface area contributed by atoms with Crippen molar-refractivity contribution >= 4 is 27.6 Å². The standard InChI is InChI=1S/C23H17F7N2O2/c1-3-32(4-2)12-9-10-15-16(11-12)34-20-17(21(24,25)22(26,27)23(28,29)30)19(33)14-8-6-5-7-13(14)18(20)31-15/h5-11H,3-4H2,1-2H3. The third-order valence-electron chi connectivity index (χ3n) is 5.68. The number of alkyl halides is 7. The zero-order chi connectivity index (χ0) is 25.1. The highest BCUT2D eigenvalue weighted by Gasteiger charge is 2.75. The number of halogens is 7. The van der Waals surface area contributed by atoms with Gasteiger partial charge in [0.25, 0.3) is 0 Å². The van der Waals surface area contributed by atoms with Crippen molar-refractivity contribution in [2.75, 3.05) is 18.0 Å². The molecule has 0 aromatic heterocycles. The van der Waals surface area contributed by atoms with Crippen molar-refractivity contribution in [3.8, 4) is 11.5 Å². The molecule has 0 N–H and O–H groups in total. The molecule has 0 bridgehead atoms. The van der Waals surface area contributed by atoms with E-state index in [0.717, 1.165) is 6.07 Å². The van der Waals surface area contributed by atoms with Crippen LogP contribution in [0.1, 0.15) is 19.4 Å². The first-order chi connectivity index (χ1) is 15.8. The number of hydrogen-bond acceptors (Lipinski definition) is 4. The molecule has 34 heavy (non-hydrogen) atoms. The number of benzene rings is 3. The van der Waals surface area contributed by atoms with E-state index in [-0.39, 0.29) is 16.5 Å². The number of aromatic nitrogens is 1. The highest BCUT2D eigenvalue weighted by atomic mass is 19.4. The Balaban J connectivity index is 2.16. The van der Waals surface area contributed by atoms with Gasteiger partial charge in [0.15, 0.2) is 16.8 Å². The van der Waals surface area contributed by atoms with Gasteiger partial charge in [-0.25, -0.2) is 4.98 Å². The summed E-state index contributed by atoms with van der Waals surface area (Å²) >= 11 is 0. The number of anilines is 1. The van der Waals surface area contributed by atoms with Gasteiger partial charge in [0.2, 0.25) is 0 Å². The molecule has 0 radical (unpaired) electrons. The van der Waals surface area contributed by atoms with Gasteiger partial charge in [-0.1, -0.05) is 24.3 Å². The Morgan fingerprint density at radius 1 is 0.912 bits per heavy atom. The second-order valence-corrected chi connectivity index (χ2v) is 7.61. The fourth-order valence-electron chi connectivity index (χ4n) is 3.89. The molecule has 0 saturated carbocycles. The zero-order valence-electron chi connectivity index (χ0n) is 17.8. The van der Waals surface area contributed by atoms with Crippen LogP contribution in [0, 0.1) is 0 Å². The van der Waals surface area contributed by atoms with Crippen LogP contribution >= 0.6 is 0 Å². The predicted octanol–water partition coefficient (Wildman–Crippen LogP) is 6.58. The lowest BCUT2D eigenvalue weighted by atomic mass is 9.92. The third-order valence-corrected chi connectivity index (χ3v) is 5.68. The maximum absolute atomic E-state index is 14.9. The highest BCUT2D eigenvalue weighted by molar-refractivity contribution is 5.98. The first kappa shape index (κ1) is 23.8. The molecule has 2 aromatic rings. The Kier molecular flexibility index (Phi) is 5.49. The Morgan fingerprint density at radius 2 is 1.53 bits per heavy atom. The normalized spacial score (nSPS) is 13.2. The molecule has 2 aliphatic rings. The predicted molar refractivity (Wildman–Crippen MR) is 113 cm³/mol. The van der Waals surface area contributed by atoms with Crippen LogP contribution in [-0.4, -0.2) is 30.2 Å². The summed E-state index contributed by atoms with van der Waals surface area (Å²) in [7, 11) is 0. The summed E-state index contributed by atoms with van der Waals surface area (Å²) in [4.78, 5) is 19.0. The van der Waals surface area contributed by atoms with Gasteiger partial charge in [-0.05, 0) is 26.0 Å². The van der Waals surface area contributed by atoms with E-state index < -0.39 is 45.9 Å². The van der Waals surface area contributed by atoms with E-state index in [1.54, 1.807) is 6.07 Å². The van der Waals surface area contributed by atoms with Gasteiger partial charge in [-0.15, -0.1) is 0 Å². The molecule has 1 aliphatic heterocycles. The molecular formula is C23H17F7N2O2. The van der Waals surface area contributed by atoms with Crippen LogP contribution in [0.5, 0.6) is 0 Å². The second kappa shape index (κ2) is 7.85. The van der Waals surface area contributed by atoms with E-state index in [2.05, 4.69) is 4.98 Å². The van der Waals surface area contributed by atoms with E-state index in [9.17, 15) is 35.5 Å². The number of nitrogens with zero attached hydrogens (tertiary/aromatic N) is 2. The molecule has 0 saturated heterocycles.